The molecule has 0 aromatic heterocycles. The van der Waals surface area contributed by atoms with Crippen molar-refractivity contribution in [2.75, 3.05) is 20.2 Å². The highest BCUT2D eigenvalue weighted by atomic mass is 16.6. The molecule has 0 spiro atoms. The molecule has 0 aliphatic heterocycles. The summed E-state index contributed by atoms with van der Waals surface area (Å²) in [4.78, 5) is 16.7. The van der Waals surface area contributed by atoms with Crippen LogP contribution >= 0.6 is 0 Å². The van der Waals surface area contributed by atoms with Crippen LogP contribution in [0.5, 0.6) is 0 Å². The van der Waals surface area contributed by atoms with Gasteiger partial charge in [-0.3, -0.25) is 4.99 Å². The van der Waals surface area contributed by atoms with Gasteiger partial charge in [0.05, 0.1) is 12.6 Å². The minimum atomic E-state index is -0.465. The van der Waals surface area contributed by atoms with Gasteiger partial charge in [-0.2, -0.15) is 0 Å². The number of hydrogen-bond donors (Lipinski definition) is 3. The summed E-state index contributed by atoms with van der Waals surface area (Å²) in [5.41, 5.74) is -0.423. The Kier molecular flexibility index (Phi) is 9.54. The lowest BCUT2D eigenvalue weighted by Gasteiger charge is -2.32. The maximum atomic E-state index is 11.9. The number of ether oxygens (including phenoxy) is 2. The first-order valence-corrected chi connectivity index (χ1v) is 10.5. The molecule has 164 valence electrons. The average molecular weight is 399 g/mol. The van der Waals surface area contributed by atoms with Crippen LogP contribution in [0, 0.1) is 5.41 Å². The van der Waals surface area contributed by atoms with Crippen LogP contribution in [0.4, 0.5) is 4.79 Å². The summed E-state index contributed by atoms with van der Waals surface area (Å²) in [6.45, 7) is 15.6. The first-order valence-electron chi connectivity index (χ1n) is 10.5. The lowest BCUT2D eigenvalue weighted by molar-refractivity contribution is 0.0241. The van der Waals surface area contributed by atoms with E-state index < -0.39 is 5.60 Å². The molecule has 1 saturated carbocycles. The fourth-order valence-electron chi connectivity index (χ4n) is 3.25. The molecule has 0 bridgehead atoms. The number of carbonyl (C=O) groups excluding carboxylic acids is 1. The topological polar surface area (TPSA) is 84.0 Å². The third-order valence-corrected chi connectivity index (χ3v) is 4.80. The number of aliphatic imine (C=N–C) groups is 1. The number of amides is 1. The van der Waals surface area contributed by atoms with Crippen LogP contribution in [0.1, 0.15) is 74.1 Å². The van der Waals surface area contributed by atoms with Gasteiger partial charge in [0.15, 0.2) is 5.96 Å². The summed E-state index contributed by atoms with van der Waals surface area (Å²) in [5, 5.41) is 9.85. The van der Waals surface area contributed by atoms with Crippen LogP contribution in [-0.2, 0) is 9.47 Å². The van der Waals surface area contributed by atoms with E-state index in [2.05, 4.69) is 43.6 Å². The maximum absolute atomic E-state index is 11.9. The molecule has 1 aliphatic carbocycles. The number of carbonyl (C=O) groups is 1. The van der Waals surface area contributed by atoms with Crippen molar-refractivity contribution < 1.29 is 14.3 Å². The molecule has 28 heavy (non-hydrogen) atoms. The van der Waals surface area contributed by atoms with Crippen molar-refractivity contribution in [3.63, 3.8) is 0 Å². The summed E-state index contributed by atoms with van der Waals surface area (Å²) < 4.78 is 11.0. The largest absolute Gasteiger partial charge is 0.444 e. The quantitative estimate of drug-likeness (QED) is 0.471. The average Bonchev–Trinajstić information content (AvgIpc) is 2.54. The van der Waals surface area contributed by atoms with Crippen LogP contribution in [-0.4, -0.2) is 56.0 Å². The van der Waals surface area contributed by atoms with E-state index in [-0.39, 0.29) is 23.7 Å². The standard InChI is InChI=1S/C21H42N4O3/c1-9-22-18(23-14-17(27-8)20(2,3)4)24-15-10-12-16(13-11-15)25-19(26)28-21(5,6)7/h15-17H,9-14H2,1-8H3,(H,25,26)(H2,22,23,24). The van der Waals surface area contributed by atoms with E-state index in [1.807, 2.05) is 20.8 Å². The van der Waals surface area contributed by atoms with E-state index in [4.69, 9.17) is 14.5 Å². The van der Waals surface area contributed by atoms with Crippen LogP contribution in [0.3, 0.4) is 0 Å². The molecule has 1 aliphatic rings. The van der Waals surface area contributed by atoms with Crippen molar-refractivity contribution in [1.29, 1.82) is 0 Å². The number of nitrogens with zero attached hydrogens (tertiary/aromatic N) is 1. The Hall–Kier alpha value is -1.50. The molecule has 1 unspecified atom stereocenters. The molecular weight excluding hydrogens is 356 g/mol. The molecule has 0 heterocycles. The molecule has 0 aromatic carbocycles. The zero-order valence-corrected chi connectivity index (χ0v) is 19.1. The van der Waals surface area contributed by atoms with Gasteiger partial charge in [0.25, 0.3) is 0 Å². The third kappa shape index (κ3) is 9.62. The molecule has 7 nitrogen and oxygen atoms in total. The minimum Gasteiger partial charge on any atom is -0.444 e. The Morgan fingerprint density at radius 2 is 1.57 bits per heavy atom. The molecule has 1 atom stereocenters. The first kappa shape index (κ1) is 24.5. The van der Waals surface area contributed by atoms with Gasteiger partial charge >= 0.3 is 6.09 Å². The van der Waals surface area contributed by atoms with Crippen LogP contribution in [0.2, 0.25) is 0 Å². The zero-order chi connectivity index (χ0) is 21.4. The normalized spacial score (nSPS) is 22.4. The molecular formula is C21H42N4O3. The van der Waals surface area contributed by atoms with Crippen molar-refractivity contribution in [3.8, 4) is 0 Å². The van der Waals surface area contributed by atoms with Crippen molar-refractivity contribution in [3.05, 3.63) is 0 Å². The Balaban J connectivity index is 2.51. The predicted molar refractivity (Wildman–Crippen MR) is 115 cm³/mol. The van der Waals surface area contributed by atoms with Gasteiger partial charge in [0, 0.05) is 25.7 Å². The zero-order valence-electron chi connectivity index (χ0n) is 19.1. The van der Waals surface area contributed by atoms with E-state index in [0.717, 1.165) is 38.2 Å². The fraction of sp³-hybridized carbons (Fsp3) is 0.905. The van der Waals surface area contributed by atoms with Gasteiger partial charge in [-0.05, 0) is 58.8 Å². The number of nitrogens with one attached hydrogen (secondary N) is 3. The highest BCUT2D eigenvalue weighted by Crippen LogP contribution is 2.22. The molecule has 3 N–H and O–H groups in total. The number of guanidine groups is 1. The van der Waals surface area contributed by atoms with Crippen molar-refractivity contribution in [1.82, 2.24) is 16.0 Å². The molecule has 0 aromatic rings. The molecule has 7 heteroatoms. The van der Waals surface area contributed by atoms with Crippen molar-refractivity contribution >= 4 is 12.1 Å². The first-order chi connectivity index (χ1) is 12.9. The summed E-state index contributed by atoms with van der Waals surface area (Å²) in [7, 11) is 1.74. The second-order valence-electron chi connectivity index (χ2n) is 9.65. The highest BCUT2D eigenvalue weighted by Gasteiger charge is 2.26. The molecule has 0 radical (unpaired) electrons. The molecule has 0 saturated heterocycles. The van der Waals surface area contributed by atoms with Crippen LogP contribution < -0.4 is 16.0 Å². The lowest BCUT2D eigenvalue weighted by atomic mass is 9.89. The predicted octanol–water partition coefficient (Wildman–Crippen LogP) is 3.44. The fourth-order valence-corrected chi connectivity index (χ4v) is 3.25. The van der Waals surface area contributed by atoms with Crippen molar-refractivity contribution in [2.45, 2.75) is 97.9 Å². The Labute approximate surface area is 171 Å². The Bertz CT molecular complexity index is 501. The van der Waals surface area contributed by atoms with Gasteiger partial charge in [-0.15, -0.1) is 0 Å². The number of methoxy groups -OCH3 is 1. The van der Waals surface area contributed by atoms with E-state index in [9.17, 15) is 4.79 Å². The lowest BCUT2D eigenvalue weighted by Crippen LogP contribution is -2.48. The Morgan fingerprint density at radius 1 is 1.04 bits per heavy atom. The number of alkyl carbamates (subject to hydrolysis) is 1. The number of rotatable bonds is 6. The summed E-state index contributed by atoms with van der Waals surface area (Å²) >= 11 is 0. The third-order valence-electron chi connectivity index (χ3n) is 4.80. The second kappa shape index (κ2) is 10.9. The van der Waals surface area contributed by atoms with Gasteiger partial charge < -0.3 is 25.4 Å². The molecule has 1 rings (SSSR count). The maximum Gasteiger partial charge on any atom is 0.407 e. The van der Waals surface area contributed by atoms with Gasteiger partial charge in [-0.25, -0.2) is 4.79 Å². The smallest absolute Gasteiger partial charge is 0.407 e. The highest BCUT2D eigenvalue weighted by molar-refractivity contribution is 5.80. The summed E-state index contributed by atoms with van der Waals surface area (Å²) in [5.74, 6) is 0.831. The van der Waals surface area contributed by atoms with Gasteiger partial charge in [0.2, 0.25) is 0 Å². The van der Waals surface area contributed by atoms with Crippen molar-refractivity contribution in [2.24, 2.45) is 10.4 Å². The van der Waals surface area contributed by atoms with Crippen LogP contribution in [0.25, 0.3) is 0 Å². The van der Waals surface area contributed by atoms with Crippen LogP contribution in [0.15, 0.2) is 4.99 Å². The summed E-state index contributed by atoms with van der Waals surface area (Å²) in [6.07, 6.45) is 3.57. The SMILES string of the molecule is CCNC(=NCC(OC)C(C)(C)C)NC1CCC(NC(=O)OC(C)(C)C)CC1. The summed E-state index contributed by atoms with van der Waals surface area (Å²) in [6, 6.07) is 0.524. The molecule has 1 fully saturated rings. The van der Waals surface area contributed by atoms with E-state index >= 15 is 0 Å². The van der Waals surface area contributed by atoms with Gasteiger partial charge in [0.1, 0.15) is 5.60 Å². The Morgan fingerprint density at radius 3 is 2.00 bits per heavy atom. The van der Waals surface area contributed by atoms with E-state index in [0.29, 0.717) is 12.6 Å². The van der Waals surface area contributed by atoms with E-state index in [1.165, 1.54) is 0 Å². The monoisotopic (exact) mass is 398 g/mol. The van der Waals surface area contributed by atoms with Gasteiger partial charge in [-0.1, -0.05) is 20.8 Å². The molecule has 1 amide bonds. The number of hydrogen-bond acceptors (Lipinski definition) is 4. The second-order valence-corrected chi connectivity index (χ2v) is 9.65. The van der Waals surface area contributed by atoms with E-state index in [1.54, 1.807) is 7.11 Å². The minimum absolute atomic E-state index is 0.0426.